The maximum Gasteiger partial charge on any atom is 0.252 e. The second-order valence-electron chi connectivity index (χ2n) is 9.56. The molecule has 2 heterocycles. The van der Waals surface area contributed by atoms with Crippen LogP contribution in [0.25, 0.3) is 0 Å². The first-order valence-corrected chi connectivity index (χ1v) is 13.8. The number of amides is 2. The van der Waals surface area contributed by atoms with Crippen molar-refractivity contribution >= 4 is 46.9 Å². The summed E-state index contributed by atoms with van der Waals surface area (Å²) >= 11 is 7.85. The van der Waals surface area contributed by atoms with E-state index in [1.807, 2.05) is 0 Å². The molecule has 1 aromatic heterocycles. The largest absolute Gasteiger partial charge is 0.351 e. The van der Waals surface area contributed by atoms with E-state index in [-0.39, 0.29) is 16.3 Å². The highest BCUT2D eigenvalue weighted by Gasteiger charge is 2.48. The molecule has 12 heteroatoms. The fraction of sp³-hybridized carbons (Fsp3) is 0.286. The van der Waals surface area contributed by atoms with E-state index in [4.69, 9.17) is 11.6 Å². The molecule has 0 unspecified atom stereocenters. The van der Waals surface area contributed by atoms with Crippen molar-refractivity contribution in [1.82, 2.24) is 10.3 Å². The number of benzene rings is 2. The van der Waals surface area contributed by atoms with Gasteiger partial charge >= 0.3 is 0 Å². The van der Waals surface area contributed by atoms with Crippen molar-refractivity contribution in [1.29, 1.82) is 5.26 Å². The third-order valence-corrected chi connectivity index (χ3v) is 8.24. The van der Waals surface area contributed by atoms with Crippen molar-refractivity contribution in [3.63, 3.8) is 0 Å². The first-order chi connectivity index (χ1) is 19.2. The summed E-state index contributed by atoms with van der Waals surface area (Å²) in [6.45, 7) is 0. The molecule has 2 atom stereocenters. The van der Waals surface area contributed by atoms with E-state index in [9.17, 15) is 28.0 Å². The smallest absolute Gasteiger partial charge is 0.252 e. The van der Waals surface area contributed by atoms with E-state index < -0.39 is 54.5 Å². The molecule has 206 valence electrons. The van der Waals surface area contributed by atoms with Crippen molar-refractivity contribution in [3.05, 3.63) is 88.8 Å². The Labute approximate surface area is 238 Å². The molecule has 7 nitrogen and oxygen atoms in total. The number of nitrogens with zero attached hydrogens (tertiary/aromatic N) is 4. The minimum atomic E-state index is -2.87. The molecule has 0 spiro atoms. The van der Waals surface area contributed by atoms with Gasteiger partial charge in [-0.3, -0.25) is 18.8 Å². The van der Waals surface area contributed by atoms with Crippen LogP contribution in [0.1, 0.15) is 36.4 Å². The Kier molecular flexibility index (Phi) is 7.92. The van der Waals surface area contributed by atoms with Crippen molar-refractivity contribution in [2.45, 2.75) is 43.3 Å². The Balaban J connectivity index is 1.58. The van der Waals surface area contributed by atoms with Crippen LogP contribution >= 0.6 is 23.5 Å². The van der Waals surface area contributed by atoms with Gasteiger partial charge < -0.3 is 5.32 Å². The number of halogens is 4. The van der Waals surface area contributed by atoms with Crippen LogP contribution in [0.3, 0.4) is 0 Å². The summed E-state index contributed by atoms with van der Waals surface area (Å²) in [5.41, 5.74) is 0.711. The molecule has 5 rings (SSSR count). The molecule has 2 amide bonds. The van der Waals surface area contributed by atoms with E-state index in [1.165, 1.54) is 41.2 Å². The molecular weight excluding hydrogens is 563 g/mol. The number of aromatic nitrogens is 1. The highest BCUT2D eigenvalue weighted by molar-refractivity contribution is 8.01. The Morgan fingerprint density at radius 1 is 1.18 bits per heavy atom. The Morgan fingerprint density at radius 2 is 1.95 bits per heavy atom. The molecule has 1 aliphatic carbocycles. The summed E-state index contributed by atoms with van der Waals surface area (Å²) in [6, 6.07) is 13.8. The lowest BCUT2D eigenvalue weighted by atomic mass is 9.87. The van der Waals surface area contributed by atoms with Gasteiger partial charge in [-0.2, -0.15) is 5.26 Å². The van der Waals surface area contributed by atoms with E-state index in [1.54, 1.807) is 40.7 Å². The minimum Gasteiger partial charge on any atom is -0.351 e. The summed E-state index contributed by atoms with van der Waals surface area (Å²) in [4.78, 5) is 33.7. The van der Waals surface area contributed by atoms with Crippen molar-refractivity contribution in [2.75, 3.05) is 15.0 Å². The summed E-state index contributed by atoms with van der Waals surface area (Å²) < 4.78 is 43.3. The topological polar surface area (TPSA) is 89.3 Å². The SMILES string of the molecule is N#Cc1ccnc(N2SCC[C@H]2C(=O)N(c2cccc(F)c2)[C@H](C(=O)NC2CC(F)(F)C2)c2ccccc2Cl)c1. The molecule has 2 fully saturated rings. The fourth-order valence-corrected chi connectivity index (χ4v) is 6.23. The van der Waals surface area contributed by atoms with E-state index in [0.29, 0.717) is 23.6 Å². The van der Waals surface area contributed by atoms with Gasteiger partial charge in [0.15, 0.2) is 0 Å². The number of pyridine rings is 1. The van der Waals surface area contributed by atoms with Crippen LogP contribution in [0.2, 0.25) is 5.02 Å². The maximum absolute atomic E-state index is 14.5. The molecule has 2 aromatic carbocycles. The van der Waals surface area contributed by atoms with Crippen molar-refractivity contribution in [2.24, 2.45) is 0 Å². The average molecular weight is 586 g/mol. The normalized spacial score (nSPS) is 18.9. The van der Waals surface area contributed by atoms with Gasteiger partial charge in [0, 0.05) is 47.1 Å². The molecule has 1 saturated heterocycles. The van der Waals surface area contributed by atoms with Crippen molar-refractivity contribution in [3.8, 4) is 6.07 Å². The van der Waals surface area contributed by atoms with E-state index >= 15 is 0 Å². The van der Waals surface area contributed by atoms with Crippen LogP contribution in [-0.2, 0) is 9.59 Å². The molecular formula is C28H23ClF3N5O2S. The fourth-order valence-electron chi connectivity index (χ4n) is 4.86. The lowest BCUT2D eigenvalue weighted by Gasteiger charge is -2.39. The maximum atomic E-state index is 14.5. The van der Waals surface area contributed by atoms with Gasteiger partial charge in [0.05, 0.1) is 11.6 Å². The molecule has 2 aliphatic rings. The number of hydrogen-bond donors (Lipinski definition) is 1. The van der Waals surface area contributed by atoms with E-state index in [0.717, 1.165) is 6.07 Å². The van der Waals surface area contributed by atoms with Crippen LogP contribution < -0.4 is 14.5 Å². The first kappa shape index (κ1) is 27.8. The number of carbonyl (C=O) groups excluding carboxylic acids is 2. The van der Waals surface area contributed by atoms with Crippen LogP contribution in [0.15, 0.2) is 66.9 Å². The summed E-state index contributed by atoms with van der Waals surface area (Å²) in [5.74, 6) is -3.83. The Morgan fingerprint density at radius 3 is 2.65 bits per heavy atom. The Hall–Kier alpha value is -3.75. The molecule has 0 bridgehead atoms. The number of nitrogens with one attached hydrogen (secondary N) is 1. The van der Waals surface area contributed by atoms with E-state index in [2.05, 4.69) is 16.4 Å². The summed E-state index contributed by atoms with van der Waals surface area (Å²) in [7, 11) is 0. The first-order valence-electron chi connectivity index (χ1n) is 12.5. The lowest BCUT2D eigenvalue weighted by molar-refractivity contribution is -0.133. The minimum absolute atomic E-state index is 0.0968. The molecule has 1 saturated carbocycles. The highest BCUT2D eigenvalue weighted by atomic mass is 35.5. The van der Waals surface area contributed by atoms with Gasteiger partial charge in [0.2, 0.25) is 5.91 Å². The van der Waals surface area contributed by atoms with Crippen LogP contribution in [-0.4, -0.2) is 40.6 Å². The third kappa shape index (κ3) is 5.74. The standard InChI is InChI=1S/C28H23ClF3N5O2S/c29-22-7-2-1-6-21(22)25(26(38)35-19-14-28(31,32)15-19)36(20-5-3-4-18(30)13-20)27(39)23-9-11-40-37(23)24-12-17(16-33)8-10-34-24/h1-8,10,12-13,19,23,25H,9,11,14-15H2,(H,35,38)/t23-,25-/m0/s1. The van der Waals surface area contributed by atoms with Crippen molar-refractivity contribution < 1.29 is 22.8 Å². The second-order valence-corrected chi connectivity index (χ2v) is 11.0. The number of rotatable bonds is 7. The summed E-state index contributed by atoms with van der Waals surface area (Å²) in [5, 5.41) is 12.2. The number of hydrogen-bond acceptors (Lipinski definition) is 6. The zero-order chi connectivity index (χ0) is 28.4. The van der Waals surface area contributed by atoms with Gasteiger partial charge in [-0.25, -0.2) is 18.2 Å². The van der Waals surface area contributed by atoms with Gasteiger partial charge in [0.1, 0.15) is 23.7 Å². The van der Waals surface area contributed by atoms with Gasteiger partial charge in [-0.1, -0.05) is 35.9 Å². The summed E-state index contributed by atoms with van der Waals surface area (Å²) in [6.07, 6.45) is 0.804. The van der Waals surface area contributed by atoms with Crippen LogP contribution in [0.4, 0.5) is 24.7 Å². The lowest BCUT2D eigenvalue weighted by Crippen LogP contribution is -2.55. The van der Waals surface area contributed by atoms with Crippen LogP contribution in [0.5, 0.6) is 0 Å². The third-order valence-electron chi connectivity index (χ3n) is 6.76. The molecule has 1 N–H and O–H groups in total. The highest BCUT2D eigenvalue weighted by Crippen LogP contribution is 2.40. The quantitative estimate of drug-likeness (QED) is 0.360. The molecule has 0 radical (unpaired) electrons. The predicted octanol–water partition coefficient (Wildman–Crippen LogP) is 5.66. The van der Waals surface area contributed by atoms with Gasteiger partial charge in [-0.05, 0) is 54.8 Å². The average Bonchev–Trinajstić information content (AvgIpc) is 3.41. The number of alkyl halides is 2. The Bertz CT molecular complexity index is 1480. The van der Waals surface area contributed by atoms with Crippen LogP contribution in [0, 0.1) is 17.1 Å². The zero-order valence-electron chi connectivity index (χ0n) is 20.9. The molecule has 40 heavy (non-hydrogen) atoms. The molecule has 1 aliphatic heterocycles. The predicted molar refractivity (Wildman–Crippen MR) is 146 cm³/mol. The van der Waals surface area contributed by atoms with Gasteiger partial charge in [0.25, 0.3) is 11.8 Å². The zero-order valence-corrected chi connectivity index (χ0v) is 22.5. The number of nitriles is 1. The second kappa shape index (κ2) is 11.4. The molecule has 3 aromatic rings. The number of carbonyl (C=O) groups is 2. The monoisotopic (exact) mass is 585 g/mol. The van der Waals surface area contributed by atoms with Gasteiger partial charge in [-0.15, -0.1) is 0 Å². The number of anilines is 2.